The van der Waals surface area contributed by atoms with Crippen LogP contribution in [-0.4, -0.2) is 20.4 Å². The fraction of sp³-hybridized carbons (Fsp3) is 0.545. The van der Waals surface area contributed by atoms with Crippen molar-refractivity contribution in [2.24, 2.45) is 0 Å². The van der Waals surface area contributed by atoms with E-state index in [9.17, 15) is 20.4 Å². The highest BCUT2D eigenvalue weighted by molar-refractivity contribution is 5.91. The summed E-state index contributed by atoms with van der Waals surface area (Å²) in [4.78, 5) is 0. The van der Waals surface area contributed by atoms with Gasteiger partial charge in [0.15, 0.2) is 0 Å². The van der Waals surface area contributed by atoms with E-state index in [0.717, 1.165) is 33.0 Å². The fourth-order valence-corrected chi connectivity index (χ4v) is 3.41. The van der Waals surface area contributed by atoms with Gasteiger partial charge >= 0.3 is 0 Å². The molecule has 4 nitrogen and oxygen atoms in total. The highest BCUT2D eigenvalue weighted by Crippen LogP contribution is 2.37. The van der Waals surface area contributed by atoms with Crippen molar-refractivity contribution in [3.8, 4) is 0 Å². The number of fused-ring (bicyclic) bond motifs is 1. The van der Waals surface area contributed by atoms with Crippen molar-refractivity contribution in [3.63, 3.8) is 0 Å². The lowest BCUT2D eigenvalue weighted by atomic mass is 9.87. The van der Waals surface area contributed by atoms with Gasteiger partial charge in [-0.25, -0.2) is 0 Å². The number of rotatable bonds is 8. The molecule has 0 saturated carbocycles. The van der Waals surface area contributed by atoms with Gasteiger partial charge in [-0.2, -0.15) is 0 Å². The zero-order valence-corrected chi connectivity index (χ0v) is 16.2. The fourth-order valence-electron chi connectivity index (χ4n) is 3.41. The predicted octanol–water partition coefficient (Wildman–Crippen LogP) is 4.61. The lowest BCUT2D eigenvalue weighted by Crippen LogP contribution is -2.07. The van der Waals surface area contributed by atoms with Crippen LogP contribution in [0.1, 0.15) is 100 Å². The molecule has 0 heterocycles. The summed E-state index contributed by atoms with van der Waals surface area (Å²) in [5.74, 6) is 0. The minimum absolute atomic E-state index is 0.549. The van der Waals surface area contributed by atoms with Crippen LogP contribution < -0.4 is 0 Å². The van der Waals surface area contributed by atoms with Gasteiger partial charge in [0.2, 0.25) is 0 Å². The number of benzene rings is 2. The Labute approximate surface area is 156 Å². The average Bonchev–Trinajstić information content (AvgIpc) is 2.69. The van der Waals surface area contributed by atoms with E-state index in [1.165, 1.54) is 0 Å². The molecule has 2 aromatic rings. The molecule has 2 rings (SSSR count). The van der Waals surface area contributed by atoms with E-state index in [1.54, 1.807) is 0 Å². The Morgan fingerprint density at radius 2 is 0.846 bits per heavy atom. The standard InChI is InChI=1S/C22H32O4/c1-5-19(23)13-9-15-16(17(11-13)21(25)7-3)10-14(20(24)6-2)12-18(15)22(26)8-4/h9-12,19-26H,5-8H2,1-4H3. The minimum Gasteiger partial charge on any atom is -0.388 e. The SMILES string of the molecule is CCC(O)c1cc(C(O)CC)c2cc(C(O)CC)cc(C(O)CC)c2c1. The summed E-state index contributed by atoms with van der Waals surface area (Å²) in [5.41, 5.74) is 2.97. The molecule has 4 N–H and O–H groups in total. The first-order valence-electron chi connectivity index (χ1n) is 9.71. The average molecular weight is 360 g/mol. The lowest BCUT2D eigenvalue weighted by molar-refractivity contribution is 0.165. The third-order valence-electron chi connectivity index (χ3n) is 5.21. The monoisotopic (exact) mass is 360 g/mol. The smallest absolute Gasteiger partial charge is 0.0793 e. The van der Waals surface area contributed by atoms with E-state index >= 15 is 0 Å². The third-order valence-corrected chi connectivity index (χ3v) is 5.21. The van der Waals surface area contributed by atoms with Crippen molar-refractivity contribution in [1.29, 1.82) is 0 Å². The molecule has 4 unspecified atom stereocenters. The highest BCUT2D eigenvalue weighted by atomic mass is 16.3. The third kappa shape index (κ3) is 4.09. The Morgan fingerprint density at radius 1 is 0.538 bits per heavy atom. The predicted molar refractivity (Wildman–Crippen MR) is 105 cm³/mol. The Morgan fingerprint density at radius 3 is 1.12 bits per heavy atom. The molecule has 0 spiro atoms. The number of hydrogen-bond donors (Lipinski definition) is 4. The van der Waals surface area contributed by atoms with Crippen LogP contribution in [0.25, 0.3) is 10.8 Å². The molecule has 0 aliphatic rings. The Kier molecular flexibility index (Phi) is 7.18. The second kappa shape index (κ2) is 8.96. The summed E-state index contributed by atoms with van der Waals surface area (Å²) < 4.78 is 0. The van der Waals surface area contributed by atoms with E-state index < -0.39 is 24.4 Å². The maximum absolute atomic E-state index is 10.6. The van der Waals surface area contributed by atoms with Crippen LogP contribution in [0.2, 0.25) is 0 Å². The first-order valence-corrected chi connectivity index (χ1v) is 9.71. The summed E-state index contributed by atoms with van der Waals surface area (Å²) in [7, 11) is 0. The zero-order chi connectivity index (χ0) is 19.4. The van der Waals surface area contributed by atoms with Crippen LogP contribution in [0.5, 0.6) is 0 Å². The van der Waals surface area contributed by atoms with Crippen molar-refractivity contribution in [3.05, 3.63) is 46.5 Å². The van der Waals surface area contributed by atoms with Crippen molar-refractivity contribution in [2.75, 3.05) is 0 Å². The Bertz CT molecular complexity index is 677. The Balaban J connectivity index is 2.88. The molecule has 2 aromatic carbocycles. The van der Waals surface area contributed by atoms with E-state index in [2.05, 4.69) is 0 Å². The van der Waals surface area contributed by atoms with Crippen molar-refractivity contribution in [2.45, 2.75) is 77.8 Å². The van der Waals surface area contributed by atoms with Gasteiger partial charge in [0.05, 0.1) is 24.4 Å². The topological polar surface area (TPSA) is 80.9 Å². The van der Waals surface area contributed by atoms with Gasteiger partial charge < -0.3 is 20.4 Å². The first-order chi connectivity index (χ1) is 12.4. The van der Waals surface area contributed by atoms with Crippen LogP contribution in [0.3, 0.4) is 0 Å². The maximum Gasteiger partial charge on any atom is 0.0793 e. The van der Waals surface area contributed by atoms with Gasteiger partial charge in [0, 0.05) is 0 Å². The highest BCUT2D eigenvalue weighted by Gasteiger charge is 2.20. The first kappa shape index (κ1) is 20.8. The van der Waals surface area contributed by atoms with Gasteiger partial charge in [0.25, 0.3) is 0 Å². The second-order valence-corrected chi connectivity index (χ2v) is 7.01. The summed E-state index contributed by atoms with van der Waals surface area (Å²) in [6.07, 6.45) is -0.314. The van der Waals surface area contributed by atoms with Crippen LogP contribution in [-0.2, 0) is 0 Å². The van der Waals surface area contributed by atoms with Crippen LogP contribution in [0.15, 0.2) is 24.3 Å². The van der Waals surface area contributed by atoms with Gasteiger partial charge in [-0.15, -0.1) is 0 Å². The summed E-state index contributed by atoms with van der Waals surface area (Å²) in [5, 5.41) is 43.5. The van der Waals surface area contributed by atoms with Crippen molar-refractivity contribution >= 4 is 10.8 Å². The maximum atomic E-state index is 10.6. The number of hydrogen-bond acceptors (Lipinski definition) is 4. The molecule has 4 atom stereocenters. The Hall–Kier alpha value is -1.46. The van der Waals surface area contributed by atoms with Gasteiger partial charge in [0.1, 0.15) is 0 Å². The van der Waals surface area contributed by atoms with Crippen LogP contribution >= 0.6 is 0 Å². The van der Waals surface area contributed by atoms with E-state index in [4.69, 9.17) is 0 Å². The molecular formula is C22H32O4. The zero-order valence-electron chi connectivity index (χ0n) is 16.2. The van der Waals surface area contributed by atoms with E-state index in [0.29, 0.717) is 25.7 Å². The summed E-state index contributed by atoms with van der Waals surface area (Å²) in [6, 6.07) is 7.53. The second-order valence-electron chi connectivity index (χ2n) is 7.01. The minimum atomic E-state index is -0.665. The molecule has 0 fully saturated rings. The summed E-state index contributed by atoms with van der Waals surface area (Å²) in [6.45, 7) is 7.64. The largest absolute Gasteiger partial charge is 0.388 e. The lowest BCUT2D eigenvalue weighted by Gasteiger charge is -2.22. The number of aliphatic hydroxyl groups is 4. The van der Waals surface area contributed by atoms with Crippen molar-refractivity contribution < 1.29 is 20.4 Å². The van der Waals surface area contributed by atoms with Crippen molar-refractivity contribution in [1.82, 2.24) is 0 Å². The molecule has 0 aliphatic carbocycles. The molecule has 26 heavy (non-hydrogen) atoms. The van der Waals surface area contributed by atoms with E-state index in [1.807, 2.05) is 52.0 Å². The molecule has 144 valence electrons. The summed E-state index contributed by atoms with van der Waals surface area (Å²) >= 11 is 0. The van der Waals surface area contributed by atoms with Crippen LogP contribution in [0.4, 0.5) is 0 Å². The normalized spacial score (nSPS) is 16.5. The molecular weight excluding hydrogens is 328 g/mol. The molecule has 0 amide bonds. The van der Waals surface area contributed by atoms with E-state index in [-0.39, 0.29) is 0 Å². The van der Waals surface area contributed by atoms with Crippen LogP contribution in [0, 0.1) is 0 Å². The van der Waals surface area contributed by atoms with Gasteiger partial charge in [-0.05, 0) is 83.0 Å². The van der Waals surface area contributed by atoms with Gasteiger partial charge in [-0.3, -0.25) is 0 Å². The molecule has 0 radical (unpaired) electrons. The molecule has 4 heteroatoms. The van der Waals surface area contributed by atoms with Gasteiger partial charge in [-0.1, -0.05) is 27.7 Å². The molecule has 0 aliphatic heterocycles. The molecule has 0 bridgehead atoms. The number of aliphatic hydroxyl groups excluding tert-OH is 4. The molecule has 0 aromatic heterocycles. The quantitative estimate of drug-likeness (QED) is 0.554. The molecule has 0 saturated heterocycles.